The topological polar surface area (TPSA) is 11.3 Å². The Balaban J connectivity index is 1.78. The van der Waals surface area contributed by atoms with Crippen LogP contribution >= 0.6 is 0 Å². The zero-order chi connectivity index (χ0) is 18.1. The first-order chi connectivity index (χ1) is 13.4. The largest absolute Gasteiger partial charge is 0.364 e. The van der Waals surface area contributed by atoms with Crippen LogP contribution in [0.2, 0.25) is 0 Å². The van der Waals surface area contributed by atoms with Crippen LogP contribution in [-0.2, 0) is 6.42 Å². The smallest absolute Gasteiger partial charge is 0.206 e. The maximum absolute atomic E-state index is 6.46. The van der Waals surface area contributed by atoms with Crippen LogP contribution in [0.5, 0.6) is 0 Å². The van der Waals surface area contributed by atoms with E-state index in [-0.39, 0.29) is 0 Å². The van der Waals surface area contributed by atoms with Gasteiger partial charge in [-0.2, -0.15) is 0 Å². The van der Waals surface area contributed by atoms with E-state index in [0.29, 0.717) is 0 Å². The van der Waals surface area contributed by atoms with Crippen LogP contribution < -0.4 is 0 Å². The molecular weight excluding hydrogens is 328 g/mol. The van der Waals surface area contributed by atoms with Crippen molar-refractivity contribution in [3.05, 3.63) is 114 Å². The molecule has 0 bridgehead atoms. The Hall–Kier alpha value is -3.45. The second-order valence-corrected chi connectivity index (χ2v) is 6.83. The summed E-state index contributed by atoms with van der Waals surface area (Å²) in [5, 5.41) is 3.63. The van der Waals surface area contributed by atoms with Crippen molar-refractivity contribution >= 4 is 21.7 Å². The van der Waals surface area contributed by atoms with Crippen molar-refractivity contribution in [2.24, 2.45) is 0 Å². The molecule has 128 valence electrons. The van der Waals surface area contributed by atoms with Crippen LogP contribution in [0, 0.1) is 0 Å². The monoisotopic (exact) mass is 347 g/mol. The first-order valence-electron chi connectivity index (χ1n) is 9.25. The molecule has 1 heterocycles. The third-order valence-corrected chi connectivity index (χ3v) is 5.03. The lowest BCUT2D eigenvalue weighted by Crippen LogP contribution is -1.93. The van der Waals surface area contributed by atoms with Gasteiger partial charge >= 0.3 is 11.3 Å². The highest BCUT2D eigenvalue weighted by Gasteiger charge is 2.22. The molecule has 4 aromatic carbocycles. The molecule has 0 aliphatic carbocycles. The molecule has 0 saturated carbocycles. The summed E-state index contributed by atoms with van der Waals surface area (Å²) in [6, 6.07) is 35.9. The van der Waals surface area contributed by atoms with Gasteiger partial charge in [0.25, 0.3) is 0 Å². The molecule has 0 unspecified atom stereocenters. The van der Waals surface area contributed by atoms with Crippen LogP contribution in [0.15, 0.2) is 108 Å². The van der Waals surface area contributed by atoms with Gasteiger partial charge in [0.15, 0.2) is 0 Å². The molecule has 1 aromatic heterocycles. The highest BCUT2D eigenvalue weighted by Crippen LogP contribution is 2.33. The Labute approximate surface area is 158 Å². The zero-order valence-corrected chi connectivity index (χ0v) is 14.9. The molecule has 5 aromatic rings. The van der Waals surface area contributed by atoms with Crippen LogP contribution in [0.25, 0.3) is 33.1 Å². The zero-order valence-electron chi connectivity index (χ0n) is 14.9. The lowest BCUT2D eigenvalue weighted by molar-refractivity contribution is 0.614. The fourth-order valence-electron chi connectivity index (χ4n) is 3.71. The quantitative estimate of drug-likeness (QED) is 0.250. The standard InChI is InChI=1S/C26H19O/c1-3-9-19(10-4-1)17-22-18-24-23-14-8-7-11-20(23)15-16-25(24)27-26(22)21-12-5-2-6-13-21/h1-16,18H,17H2/q+1. The molecule has 5 rings (SSSR count). The molecule has 0 aliphatic heterocycles. The van der Waals surface area contributed by atoms with Gasteiger partial charge in [0.05, 0.1) is 16.5 Å². The molecular formula is C26H19O+. The third kappa shape index (κ3) is 2.98. The van der Waals surface area contributed by atoms with Crippen molar-refractivity contribution in [3.63, 3.8) is 0 Å². The van der Waals surface area contributed by atoms with Gasteiger partial charge in [0, 0.05) is 12.5 Å². The highest BCUT2D eigenvalue weighted by atomic mass is 16.3. The van der Waals surface area contributed by atoms with E-state index >= 15 is 0 Å². The van der Waals surface area contributed by atoms with Crippen molar-refractivity contribution in [1.82, 2.24) is 0 Å². The molecule has 0 saturated heterocycles. The van der Waals surface area contributed by atoms with E-state index in [1.165, 1.54) is 27.3 Å². The van der Waals surface area contributed by atoms with E-state index in [2.05, 4.69) is 97.1 Å². The summed E-state index contributed by atoms with van der Waals surface area (Å²) < 4.78 is 6.46. The SMILES string of the molecule is c1ccc(Cc2cc3c(ccc4ccccc43)[o+]c2-c2ccccc2)cc1. The molecule has 1 nitrogen and oxygen atoms in total. The average molecular weight is 347 g/mol. The van der Waals surface area contributed by atoms with Gasteiger partial charge in [-0.25, -0.2) is 4.42 Å². The Kier molecular flexibility index (Phi) is 3.91. The van der Waals surface area contributed by atoms with Gasteiger partial charge in [-0.05, 0) is 40.6 Å². The van der Waals surface area contributed by atoms with E-state index in [1.54, 1.807) is 0 Å². The first kappa shape index (κ1) is 15.8. The minimum absolute atomic E-state index is 0.841. The average Bonchev–Trinajstić information content (AvgIpc) is 2.74. The van der Waals surface area contributed by atoms with Gasteiger partial charge in [-0.1, -0.05) is 72.8 Å². The lowest BCUT2D eigenvalue weighted by atomic mass is 9.97. The second kappa shape index (κ2) is 6.69. The Morgan fingerprint density at radius 2 is 1.30 bits per heavy atom. The Morgan fingerprint density at radius 1 is 0.593 bits per heavy atom. The lowest BCUT2D eigenvalue weighted by Gasteiger charge is -2.05. The van der Waals surface area contributed by atoms with Crippen LogP contribution in [0.3, 0.4) is 0 Å². The van der Waals surface area contributed by atoms with Crippen molar-refractivity contribution in [2.45, 2.75) is 6.42 Å². The van der Waals surface area contributed by atoms with Gasteiger partial charge in [0.1, 0.15) is 0 Å². The molecule has 0 atom stereocenters. The minimum atomic E-state index is 0.841. The van der Waals surface area contributed by atoms with Crippen molar-refractivity contribution in [1.29, 1.82) is 0 Å². The number of benzene rings is 4. The van der Waals surface area contributed by atoms with Crippen molar-refractivity contribution < 1.29 is 4.42 Å². The summed E-state index contributed by atoms with van der Waals surface area (Å²) in [5.74, 6) is 0.947. The van der Waals surface area contributed by atoms with Crippen LogP contribution in [0.1, 0.15) is 11.1 Å². The number of hydrogen-bond acceptors (Lipinski definition) is 0. The van der Waals surface area contributed by atoms with Crippen molar-refractivity contribution in [2.75, 3.05) is 0 Å². The highest BCUT2D eigenvalue weighted by molar-refractivity contribution is 6.06. The van der Waals surface area contributed by atoms with Crippen molar-refractivity contribution in [3.8, 4) is 11.3 Å². The summed E-state index contributed by atoms with van der Waals surface area (Å²) in [6.45, 7) is 0. The van der Waals surface area contributed by atoms with Gasteiger partial charge in [-0.3, -0.25) is 0 Å². The van der Waals surface area contributed by atoms with Crippen LogP contribution in [0.4, 0.5) is 0 Å². The summed E-state index contributed by atoms with van der Waals surface area (Å²) in [5.41, 5.74) is 4.52. The molecule has 0 N–H and O–H groups in total. The molecule has 0 radical (unpaired) electrons. The van der Waals surface area contributed by atoms with E-state index in [0.717, 1.165) is 23.3 Å². The maximum Gasteiger partial charge on any atom is 0.364 e. The van der Waals surface area contributed by atoms with E-state index in [1.807, 2.05) is 6.07 Å². The summed E-state index contributed by atoms with van der Waals surface area (Å²) in [4.78, 5) is 0. The Morgan fingerprint density at radius 3 is 2.11 bits per heavy atom. The summed E-state index contributed by atoms with van der Waals surface area (Å²) in [6.07, 6.45) is 0.841. The maximum atomic E-state index is 6.46. The first-order valence-corrected chi connectivity index (χ1v) is 9.25. The second-order valence-electron chi connectivity index (χ2n) is 6.83. The number of fused-ring (bicyclic) bond motifs is 3. The molecule has 0 spiro atoms. The third-order valence-electron chi connectivity index (χ3n) is 5.03. The number of hydrogen-bond donors (Lipinski definition) is 0. The minimum Gasteiger partial charge on any atom is -0.206 e. The molecule has 0 amide bonds. The predicted molar refractivity (Wildman–Crippen MR) is 113 cm³/mol. The van der Waals surface area contributed by atoms with Gasteiger partial charge in [-0.15, -0.1) is 0 Å². The normalized spacial score (nSPS) is 11.1. The number of rotatable bonds is 3. The summed E-state index contributed by atoms with van der Waals surface area (Å²) >= 11 is 0. The van der Waals surface area contributed by atoms with E-state index < -0.39 is 0 Å². The molecule has 1 heteroatoms. The van der Waals surface area contributed by atoms with Gasteiger partial charge in [0.2, 0.25) is 0 Å². The molecule has 0 fully saturated rings. The molecule has 27 heavy (non-hydrogen) atoms. The fraction of sp³-hybridized carbons (Fsp3) is 0.0385. The summed E-state index contributed by atoms with van der Waals surface area (Å²) in [7, 11) is 0. The van der Waals surface area contributed by atoms with E-state index in [4.69, 9.17) is 4.42 Å². The van der Waals surface area contributed by atoms with E-state index in [9.17, 15) is 0 Å². The predicted octanol–water partition coefficient (Wildman–Crippen LogP) is 7.12. The molecule has 0 aliphatic rings. The van der Waals surface area contributed by atoms with Gasteiger partial charge < -0.3 is 0 Å². The Bertz CT molecular complexity index is 1220. The fourth-order valence-corrected chi connectivity index (χ4v) is 3.71. The van der Waals surface area contributed by atoms with Crippen LogP contribution in [-0.4, -0.2) is 0 Å².